The van der Waals surface area contributed by atoms with Crippen molar-refractivity contribution in [3.05, 3.63) is 33.7 Å². The first kappa shape index (κ1) is 11.6. The van der Waals surface area contributed by atoms with E-state index in [1.165, 1.54) is 0 Å². The van der Waals surface area contributed by atoms with Gasteiger partial charge in [-0.25, -0.2) is 8.42 Å². The van der Waals surface area contributed by atoms with Gasteiger partial charge in [0.1, 0.15) is 0 Å². The number of rotatable bonds is 3. The Morgan fingerprint density at radius 3 is 2.75 bits per heavy atom. The molecule has 1 aliphatic rings. The van der Waals surface area contributed by atoms with Crippen LogP contribution in [0.1, 0.15) is 12.0 Å². The van der Waals surface area contributed by atoms with Crippen LogP contribution >= 0.6 is 11.6 Å². The van der Waals surface area contributed by atoms with Gasteiger partial charge in [0.25, 0.3) is 0 Å². The Morgan fingerprint density at radius 2 is 2.12 bits per heavy atom. The summed E-state index contributed by atoms with van der Waals surface area (Å²) in [4.78, 5) is 0.760. The molecule has 0 radical (unpaired) electrons. The Labute approximate surface area is 100 Å². The smallest absolute Gasteiger partial charge is 0.203 e. The van der Waals surface area contributed by atoms with E-state index >= 15 is 0 Å². The molecule has 0 atom stereocenters. The highest BCUT2D eigenvalue weighted by atomic mass is 35.5. The largest absolute Gasteiger partial charge is 0.319 e. The van der Waals surface area contributed by atoms with Crippen molar-refractivity contribution in [3.63, 3.8) is 0 Å². The number of benzene rings is 1. The van der Waals surface area contributed by atoms with Crippen LogP contribution in [0, 0.1) is 0 Å². The lowest BCUT2D eigenvalue weighted by atomic mass is 10.2. The fourth-order valence-corrected chi connectivity index (χ4v) is 3.65. The predicted molar refractivity (Wildman–Crippen MR) is 65.2 cm³/mol. The highest BCUT2D eigenvalue weighted by Gasteiger charge is 2.29. The van der Waals surface area contributed by atoms with Gasteiger partial charge in [-0.15, -0.1) is 0 Å². The standard InChI is InChI=1S/C11H12ClNO2S/c1-13-6-5-8-7-9-10(12)3-2-4-11(9)16(8,14)15/h2-4,7,13H,5-6H2,1H3. The lowest BCUT2D eigenvalue weighted by Crippen LogP contribution is -2.11. The van der Waals surface area contributed by atoms with Crippen molar-refractivity contribution in [3.8, 4) is 0 Å². The van der Waals surface area contributed by atoms with Crippen LogP contribution in [0.5, 0.6) is 0 Å². The number of halogens is 1. The summed E-state index contributed by atoms with van der Waals surface area (Å²) < 4.78 is 24.2. The van der Waals surface area contributed by atoms with Crippen molar-refractivity contribution in [2.45, 2.75) is 11.3 Å². The Hall–Kier alpha value is -0.840. The van der Waals surface area contributed by atoms with Gasteiger partial charge in [-0.05, 0) is 38.2 Å². The van der Waals surface area contributed by atoms with Crippen molar-refractivity contribution in [2.24, 2.45) is 0 Å². The first-order valence-electron chi connectivity index (χ1n) is 4.96. The minimum atomic E-state index is -3.30. The quantitative estimate of drug-likeness (QED) is 0.902. The van der Waals surface area contributed by atoms with E-state index in [4.69, 9.17) is 11.6 Å². The summed E-state index contributed by atoms with van der Waals surface area (Å²) in [6.07, 6.45) is 2.16. The van der Waals surface area contributed by atoms with E-state index in [2.05, 4.69) is 5.32 Å². The molecule has 86 valence electrons. The molecule has 5 heteroatoms. The second-order valence-corrected chi connectivity index (χ2v) is 6.00. The van der Waals surface area contributed by atoms with E-state index in [0.717, 1.165) is 0 Å². The Kier molecular flexibility index (Phi) is 3.06. The molecule has 0 aromatic heterocycles. The predicted octanol–water partition coefficient (Wildman–Crippen LogP) is 2.08. The van der Waals surface area contributed by atoms with Gasteiger partial charge < -0.3 is 5.32 Å². The highest BCUT2D eigenvalue weighted by Crippen LogP contribution is 2.37. The molecule has 0 saturated heterocycles. The van der Waals surface area contributed by atoms with Gasteiger partial charge in [0.15, 0.2) is 0 Å². The molecule has 0 amide bonds. The average Bonchev–Trinajstić information content (AvgIpc) is 2.50. The van der Waals surface area contributed by atoms with E-state index in [9.17, 15) is 8.42 Å². The molecule has 1 aromatic carbocycles. The van der Waals surface area contributed by atoms with E-state index in [0.29, 0.717) is 33.4 Å². The zero-order chi connectivity index (χ0) is 11.8. The fraction of sp³-hybridized carbons (Fsp3) is 0.273. The summed E-state index contributed by atoms with van der Waals surface area (Å²) >= 11 is 5.97. The van der Waals surface area contributed by atoms with Crippen LogP contribution in [0.2, 0.25) is 5.02 Å². The molecule has 16 heavy (non-hydrogen) atoms. The SMILES string of the molecule is CNCCC1=Cc2c(Cl)cccc2S1(=O)=O. The van der Waals surface area contributed by atoms with Crippen LogP contribution in [0.3, 0.4) is 0 Å². The van der Waals surface area contributed by atoms with Gasteiger partial charge in [0.2, 0.25) is 9.84 Å². The van der Waals surface area contributed by atoms with Crippen molar-refractivity contribution in [1.29, 1.82) is 0 Å². The van der Waals surface area contributed by atoms with Gasteiger partial charge in [0, 0.05) is 10.6 Å². The summed E-state index contributed by atoms with van der Waals surface area (Å²) in [5, 5.41) is 3.42. The molecule has 0 spiro atoms. The molecular formula is C11H12ClNO2S. The van der Waals surface area contributed by atoms with Gasteiger partial charge in [-0.2, -0.15) is 0 Å². The molecule has 1 heterocycles. The average molecular weight is 258 g/mol. The summed E-state index contributed by atoms with van der Waals surface area (Å²) in [5.74, 6) is 0. The Balaban J connectivity index is 2.49. The van der Waals surface area contributed by atoms with Crippen LogP contribution < -0.4 is 5.32 Å². The zero-order valence-corrected chi connectivity index (χ0v) is 10.4. The van der Waals surface area contributed by atoms with Crippen molar-refractivity contribution < 1.29 is 8.42 Å². The second kappa shape index (κ2) is 4.20. The van der Waals surface area contributed by atoms with Crippen LogP contribution in [-0.4, -0.2) is 22.0 Å². The third kappa shape index (κ3) is 1.77. The Morgan fingerprint density at radius 1 is 1.38 bits per heavy atom. The van der Waals surface area contributed by atoms with Gasteiger partial charge in [-0.1, -0.05) is 17.7 Å². The molecule has 0 fully saturated rings. The number of fused-ring (bicyclic) bond motifs is 1. The van der Waals surface area contributed by atoms with E-state index < -0.39 is 9.84 Å². The first-order valence-corrected chi connectivity index (χ1v) is 6.82. The topological polar surface area (TPSA) is 46.2 Å². The normalized spacial score (nSPS) is 17.0. The monoisotopic (exact) mass is 257 g/mol. The molecule has 1 N–H and O–H groups in total. The fourth-order valence-electron chi connectivity index (χ4n) is 1.73. The maximum Gasteiger partial charge on any atom is 0.203 e. The van der Waals surface area contributed by atoms with Crippen LogP contribution in [0.25, 0.3) is 6.08 Å². The molecule has 0 aliphatic carbocycles. The molecule has 3 nitrogen and oxygen atoms in total. The molecule has 0 saturated carbocycles. The van der Waals surface area contributed by atoms with Crippen LogP contribution in [-0.2, 0) is 9.84 Å². The first-order chi connectivity index (χ1) is 7.57. The highest BCUT2D eigenvalue weighted by molar-refractivity contribution is 7.95. The minimum Gasteiger partial charge on any atom is -0.319 e. The molecular weight excluding hydrogens is 246 g/mol. The molecule has 0 unspecified atom stereocenters. The lowest BCUT2D eigenvalue weighted by Gasteiger charge is -2.03. The van der Waals surface area contributed by atoms with Gasteiger partial charge in [0.05, 0.1) is 9.80 Å². The maximum atomic E-state index is 12.1. The third-order valence-corrected chi connectivity index (χ3v) is 4.85. The summed E-state index contributed by atoms with van der Waals surface area (Å²) in [5.41, 5.74) is 0.621. The van der Waals surface area contributed by atoms with E-state index in [1.807, 2.05) is 0 Å². The maximum absolute atomic E-state index is 12.1. The summed E-state index contributed by atoms with van der Waals surface area (Å²) in [7, 11) is -1.51. The molecule has 0 bridgehead atoms. The van der Waals surface area contributed by atoms with Crippen LogP contribution in [0.15, 0.2) is 28.0 Å². The van der Waals surface area contributed by atoms with E-state index in [-0.39, 0.29) is 0 Å². The molecule has 2 rings (SSSR count). The summed E-state index contributed by atoms with van der Waals surface area (Å²) in [6.45, 7) is 0.636. The lowest BCUT2D eigenvalue weighted by molar-refractivity contribution is 0.601. The van der Waals surface area contributed by atoms with Crippen molar-refractivity contribution in [1.82, 2.24) is 5.32 Å². The van der Waals surface area contributed by atoms with Crippen molar-refractivity contribution >= 4 is 27.5 Å². The van der Waals surface area contributed by atoms with Crippen LogP contribution in [0.4, 0.5) is 0 Å². The van der Waals surface area contributed by atoms with Crippen molar-refractivity contribution in [2.75, 3.05) is 13.6 Å². The van der Waals surface area contributed by atoms with Gasteiger partial charge in [-0.3, -0.25) is 0 Å². The third-order valence-electron chi connectivity index (χ3n) is 2.57. The van der Waals surface area contributed by atoms with E-state index in [1.54, 1.807) is 31.3 Å². The number of sulfone groups is 1. The molecule has 1 aliphatic heterocycles. The zero-order valence-electron chi connectivity index (χ0n) is 8.83. The summed E-state index contributed by atoms with van der Waals surface area (Å²) in [6, 6.07) is 4.96. The number of nitrogens with one attached hydrogen (secondary N) is 1. The minimum absolute atomic E-state index is 0.325. The second-order valence-electron chi connectivity index (χ2n) is 3.62. The Bertz CT molecular complexity index is 549. The number of hydrogen-bond donors (Lipinski definition) is 1. The number of hydrogen-bond acceptors (Lipinski definition) is 3. The van der Waals surface area contributed by atoms with Gasteiger partial charge >= 0.3 is 0 Å². The molecule has 1 aromatic rings.